The summed E-state index contributed by atoms with van der Waals surface area (Å²) in [6, 6.07) is 0. The molecule has 14 heavy (non-hydrogen) atoms. The van der Waals surface area contributed by atoms with Crippen molar-refractivity contribution < 1.29 is 19.1 Å². The summed E-state index contributed by atoms with van der Waals surface area (Å²) < 4.78 is 9.25. The highest BCUT2D eigenvalue weighted by atomic mass is 32.1. The van der Waals surface area contributed by atoms with Gasteiger partial charge in [-0.2, -0.15) is 0 Å². The molecule has 0 aliphatic rings. The lowest BCUT2D eigenvalue weighted by Gasteiger charge is -2.20. The fraction of sp³-hybridized carbons (Fsp3) is 0.750. The van der Waals surface area contributed by atoms with Crippen LogP contribution < -0.4 is 5.32 Å². The fourth-order valence-electron chi connectivity index (χ4n) is 0.590. The van der Waals surface area contributed by atoms with Gasteiger partial charge in [0.25, 0.3) is 0 Å². The molecule has 1 atom stereocenters. The zero-order chi connectivity index (χ0) is 11.4. The summed E-state index contributed by atoms with van der Waals surface area (Å²) in [4.78, 5) is 21.9. The van der Waals surface area contributed by atoms with E-state index in [1.807, 2.05) is 0 Å². The molecule has 5 nitrogen and oxygen atoms in total. The number of methoxy groups -OCH3 is 1. The first-order chi connectivity index (χ1) is 6.26. The standard InChI is InChI=1S/C8H15NO4S/c1-8(2,3)13-7(11)9-5(14)6(10)12-4/h5,14H,1-4H3,(H,9,11). The normalized spacial score (nSPS) is 12.9. The summed E-state index contributed by atoms with van der Waals surface area (Å²) in [5.74, 6) is -0.640. The molecule has 0 rings (SSSR count). The van der Waals surface area contributed by atoms with Gasteiger partial charge in [0.1, 0.15) is 5.60 Å². The van der Waals surface area contributed by atoms with E-state index < -0.39 is 23.0 Å². The van der Waals surface area contributed by atoms with Gasteiger partial charge in [-0.05, 0) is 20.8 Å². The quantitative estimate of drug-likeness (QED) is 0.414. The lowest BCUT2D eigenvalue weighted by atomic mass is 10.2. The van der Waals surface area contributed by atoms with Gasteiger partial charge in [0.15, 0.2) is 5.37 Å². The highest BCUT2D eigenvalue weighted by Crippen LogP contribution is 2.07. The van der Waals surface area contributed by atoms with E-state index in [0.29, 0.717) is 0 Å². The minimum atomic E-state index is -1.00. The molecule has 6 heteroatoms. The number of hydrogen-bond acceptors (Lipinski definition) is 5. The van der Waals surface area contributed by atoms with Crippen LogP contribution in [0.1, 0.15) is 20.8 Å². The van der Waals surface area contributed by atoms with Gasteiger partial charge in [-0.25, -0.2) is 9.59 Å². The van der Waals surface area contributed by atoms with Crippen LogP contribution in [0.4, 0.5) is 4.79 Å². The first-order valence-electron chi connectivity index (χ1n) is 4.01. The van der Waals surface area contributed by atoms with Crippen molar-refractivity contribution in [3.63, 3.8) is 0 Å². The summed E-state index contributed by atoms with van der Waals surface area (Å²) in [5.41, 5.74) is -0.603. The molecular formula is C8H15NO4S. The third-order valence-corrected chi connectivity index (χ3v) is 1.42. The maximum atomic E-state index is 11.1. The second-order valence-electron chi connectivity index (χ2n) is 3.57. The Labute approximate surface area is 88.5 Å². The van der Waals surface area contributed by atoms with E-state index in [1.165, 1.54) is 7.11 Å². The molecule has 0 aromatic heterocycles. The van der Waals surface area contributed by atoms with E-state index in [2.05, 4.69) is 22.7 Å². The highest BCUT2D eigenvalue weighted by Gasteiger charge is 2.21. The van der Waals surface area contributed by atoms with Crippen LogP contribution in [0.25, 0.3) is 0 Å². The van der Waals surface area contributed by atoms with Crippen molar-refractivity contribution in [3.05, 3.63) is 0 Å². The molecule has 1 unspecified atom stereocenters. The zero-order valence-corrected chi connectivity index (χ0v) is 9.55. The Kier molecular flexibility index (Phi) is 4.76. The Hall–Kier alpha value is -0.910. The van der Waals surface area contributed by atoms with E-state index in [4.69, 9.17) is 4.74 Å². The lowest BCUT2D eigenvalue weighted by molar-refractivity contribution is -0.140. The van der Waals surface area contributed by atoms with Crippen molar-refractivity contribution in [2.45, 2.75) is 31.7 Å². The largest absolute Gasteiger partial charge is 0.467 e. The number of hydrogen-bond donors (Lipinski definition) is 2. The molecule has 1 N–H and O–H groups in total. The Bertz CT molecular complexity index is 224. The van der Waals surface area contributed by atoms with Crippen molar-refractivity contribution in [1.29, 1.82) is 0 Å². The highest BCUT2D eigenvalue weighted by molar-refractivity contribution is 7.81. The number of thiol groups is 1. The van der Waals surface area contributed by atoms with Crippen LogP contribution in [0, 0.1) is 0 Å². The Balaban J connectivity index is 4.01. The molecule has 0 bridgehead atoms. The fourth-order valence-corrected chi connectivity index (χ4v) is 0.801. The van der Waals surface area contributed by atoms with Crippen molar-refractivity contribution in [1.82, 2.24) is 5.32 Å². The summed E-state index contributed by atoms with van der Waals surface area (Å²) in [6.45, 7) is 5.16. The summed E-state index contributed by atoms with van der Waals surface area (Å²) in [7, 11) is 1.21. The number of nitrogens with one attached hydrogen (secondary N) is 1. The van der Waals surface area contributed by atoms with Crippen molar-refractivity contribution in [2.24, 2.45) is 0 Å². The second-order valence-corrected chi connectivity index (χ2v) is 4.09. The van der Waals surface area contributed by atoms with Crippen LogP contribution >= 0.6 is 12.6 Å². The minimum Gasteiger partial charge on any atom is -0.467 e. The number of ether oxygens (including phenoxy) is 2. The first-order valence-corrected chi connectivity index (χ1v) is 4.53. The molecule has 0 aliphatic carbocycles. The van der Waals surface area contributed by atoms with Crippen LogP contribution in [-0.4, -0.2) is 30.1 Å². The van der Waals surface area contributed by atoms with Crippen LogP contribution in [0.15, 0.2) is 0 Å². The average Bonchev–Trinajstić information content (AvgIpc) is 1.99. The summed E-state index contributed by atoms with van der Waals surface area (Å²) in [5, 5.41) is 1.21. The van der Waals surface area contributed by atoms with E-state index >= 15 is 0 Å². The Morgan fingerprint density at radius 2 is 1.86 bits per heavy atom. The van der Waals surface area contributed by atoms with Gasteiger partial charge < -0.3 is 9.47 Å². The van der Waals surface area contributed by atoms with Crippen molar-refractivity contribution in [2.75, 3.05) is 7.11 Å². The Morgan fingerprint density at radius 3 is 2.21 bits per heavy atom. The number of alkyl carbamates (subject to hydrolysis) is 1. The van der Waals surface area contributed by atoms with Crippen molar-refractivity contribution >= 4 is 24.7 Å². The number of carbonyl (C=O) groups is 2. The first kappa shape index (κ1) is 13.1. The van der Waals surface area contributed by atoms with E-state index in [0.717, 1.165) is 0 Å². The minimum absolute atomic E-state index is 0.603. The summed E-state index contributed by atoms with van der Waals surface area (Å²) in [6.07, 6.45) is -0.706. The molecule has 0 saturated heterocycles. The molecule has 0 radical (unpaired) electrons. The van der Waals surface area contributed by atoms with Crippen LogP contribution in [-0.2, 0) is 14.3 Å². The third kappa shape index (κ3) is 5.69. The number of esters is 1. The predicted octanol–water partition coefficient (Wildman–Crippen LogP) is 0.940. The van der Waals surface area contributed by atoms with Gasteiger partial charge in [0.05, 0.1) is 7.11 Å². The van der Waals surface area contributed by atoms with Crippen LogP contribution in [0.2, 0.25) is 0 Å². The maximum absolute atomic E-state index is 11.1. The number of rotatable bonds is 2. The van der Waals surface area contributed by atoms with Gasteiger partial charge in [-0.15, -0.1) is 12.6 Å². The maximum Gasteiger partial charge on any atom is 0.409 e. The summed E-state index contributed by atoms with van der Waals surface area (Å²) >= 11 is 3.81. The zero-order valence-electron chi connectivity index (χ0n) is 8.66. The van der Waals surface area contributed by atoms with Crippen LogP contribution in [0.5, 0.6) is 0 Å². The molecule has 0 aliphatic heterocycles. The third-order valence-electron chi connectivity index (χ3n) is 1.08. The molecule has 82 valence electrons. The van der Waals surface area contributed by atoms with Gasteiger partial charge >= 0.3 is 12.1 Å². The molecule has 0 saturated carbocycles. The van der Waals surface area contributed by atoms with Crippen LogP contribution in [0.3, 0.4) is 0 Å². The molecule has 0 aromatic rings. The predicted molar refractivity (Wildman–Crippen MR) is 54.2 cm³/mol. The number of carbonyl (C=O) groups excluding carboxylic acids is 2. The van der Waals surface area contributed by atoms with E-state index in [-0.39, 0.29) is 0 Å². The molecule has 0 spiro atoms. The molecule has 0 fully saturated rings. The second kappa shape index (κ2) is 5.09. The molecule has 0 aromatic carbocycles. The Morgan fingerprint density at radius 1 is 1.36 bits per heavy atom. The van der Waals surface area contributed by atoms with Gasteiger partial charge in [0.2, 0.25) is 0 Å². The molecular weight excluding hydrogens is 206 g/mol. The molecule has 0 heterocycles. The van der Waals surface area contributed by atoms with Crippen molar-refractivity contribution in [3.8, 4) is 0 Å². The molecule has 1 amide bonds. The van der Waals surface area contributed by atoms with Gasteiger partial charge in [-0.1, -0.05) is 0 Å². The smallest absolute Gasteiger partial charge is 0.409 e. The SMILES string of the molecule is COC(=O)C(S)NC(=O)OC(C)(C)C. The van der Waals surface area contributed by atoms with Gasteiger partial charge in [-0.3, -0.25) is 5.32 Å². The lowest BCUT2D eigenvalue weighted by Crippen LogP contribution is -2.40. The van der Waals surface area contributed by atoms with E-state index in [9.17, 15) is 9.59 Å². The number of amides is 1. The topological polar surface area (TPSA) is 64.6 Å². The van der Waals surface area contributed by atoms with E-state index in [1.54, 1.807) is 20.8 Å². The average molecular weight is 221 g/mol. The monoisotopic (exact) mass is 221 g/mol. The van der Waals surface area contributed by atoms with Gasteiger partial charge in [0, 0.05) is 0 Å².